The van der Waals surface area contributed by atoms with E-state index in [-0.39, 0.29) is 41.4 Å². The SMILES string of the molecule is CN=C(NCCc1nc(C(C)(C)C)cs1)NCC1(CCO)CCOC1.I. The fourth-order valence-electron chi connectivity index (χ4n) is 2.86. The average molecular weight is 496 g/mol. The number of halogens is 1. The van der Waals surface area contributed by atoms with Crippen LogP contribution in [0.15, 0.2) is 10.4 Å². The normalized spacial score (nSPS) is 20.7. The number of aromatic nitrogens is 1. The molecule has 1 unspecified atom stereocenters. The molecule has 2 heterocycles. The molecule has 1 aliphatic heterocycles. The molecule has 0 radical (unpaired) electrons. The lowest BCUT2D eigenvalue weighted by molar-refractivity contribution is 0.127. The van der Waals surface area contributed by atoms with Gasteiger partial charge in [0.25, 0.3) is 0 Å². The van der Waals surface area contributed by atoms with Crippen LogP contribution in [0.3, 0.4) is 0 Å². The maximum Gasteiger partial charge on any atom is 0.191 e. The van der Waals surface area contributed by atoms with Crippen LogP contribution in [0, 0.1) is 5.41 Å². The first kappa shape index (κ1) is 23.6. The third kappa shape index (κ3) is 6.94. The zero-order chi connectivity index (χ0) is 18.3. The molecule has 0 spiro atoms. The number of nitrogens with zero attached hydrogens (tertiary/aromatic N) is 2. The summed E-state index contributed by atoms with van der Waals surface area (Å²) in [5, 5.41) is 19.3. The van der Waals surface area contributed by atoms with Gasteiger partial charge in [-0.1, -0.05) is 20.8 Å². The lowest BCUT2D eigenvalue weighted by atomic mass is 9.84. The van der Waals surface area contributed by atoms with Crippen molar-refractivity contribution in [1.82, 2.24) is 15.6 Å². The number of rotatable bonds is 7. The quantitative estimate of drug-likeness (QED) is 0.307. The number of nitrogens with one attached hydrogen (secondary N) is 2. The van der Waals surface area contributed by atoms with Gasteiger partial charge in [-0.2, -0.15) is 0 Å². The summed E-state index contributed by atoms with van der Waals surface area (Å²) in [7, 11) is 1.78. The van der Waals surface area contributed by atoms with Crippen molar-refractivity contribution in [2.24, 2.45) is 10.4 Å². The van der Waals surface area contributed by atoms with Crippen molar-refractivity contribution in [3.05, 3.63) is 16.1 Å². The van der Waals surface area contributed by atoms with Crippen molar-refractivity contribution in [3.63, 3.8) is 0 Å². The van der Waals surface area contributed by atoms with E-state index in [2.05, 4.69) is 41.8 Å². The Hall–Kier alpha value is -0.450. The zero-order valence-electron chi connectivity index (χ0n) is 16.3. The second kappa shape index (κ2) is 10.8. The first-order chi connectivity index (χ1) is 11.9. The molecule has 1 aromatic heterocycles. The molecule has 3 N–H and O–H groups in total. The third-order valence-corrected chi connectivity index (χ3v) is 5.54. The molecule has 1 fully saturated rings. The Bertz CT molecular complexity index is 566. The van der Waals surface area contributed by atoms with E-state index in [1.54, 1.807) is 18.4 Å². The highest BCUT2D eigenvalue weighted by molar-refractivity contribution is 14.0. The van der Waals surface area contributed by atoms with Crippen LogP contribution in [0.5, 0.6) is 0 Å². The molecule has 1 aliphatic rings. The van der Waals surface area contributed by atoms with E-state index in [9.17, 15) is 5.11 Å². The Morgan fingerprint density at radius 3 is 2.73 bits per heavy atom. The number of thiazole rings is 1. The Labute approximate surface area is 178 Å². The molecule has 0 saturated carbocycles. The average Bonchev–Trinajstić information content (AvgIpc) is 3.20. The van der Waals surface area contributed by atoms with Crippen LogP contribution in [0.1, 0.15) is 44.3 Å². The summed E-state index contributed by atoms with van der Waals surface area (Å²) < 4.78 is 5.53. The third-order valence-electron chi connectivity index (χ3n) is 4.63. The lowest BCUT2D eigenvalue weighted by Gasteiger charge is -2.27. The highest BCUT2D eigenvalue weighted by Gasteiger charge is 2.34. The molecule has 0 aliphatic carbocycles. The van der Waals surface area contributed by atoms with Crippen molar-refractivity contribution < 1.29 is 9.84 Å². The summed E-state index contributed by atoms with van der Waals surface area (Å²) in [5.74, 6) is 0.789. The van der Waals surface area contributed by atoms with Crippen molar-refractivity contribution in [2.45, 2.75) is 45.4 Å². The molecule has 8 heteroatoms. The van der Waals surface area contributed by atoms with Crippen LogP contribution in [0.2, 0.25) is 0 Å². The molecule has 6 nitrogen and oxygen atoms in total. The molecule has 1 saturated heterocycles. The summed E-state index contributed by atoms with van der Waals surface area (Å²) in [4.78, 5) is 9.01. The molecular formula is C18H33IN4O2S. The Balaban J connectivity index is 0.00000338. The van der Waals surface area contributed by atoms with E-state index in [1.807, 2.05) is 0 Å². The predicted octanol–water partition coefficient (Wildman–Crippen LogP) is 2.56. The van der Waals surface area contributed by atoms with Gasteiger partial charge in [-0.15, -0.1) is 35.3 Å². The van der Waals surface area contributed by atoms with Gasteiger partial charge in [-0.25, -0.2) is 4.98 Å². The molecular weight excluding hydrogens is 463 g/mol. The summed E-state index contributed by atoms with van der Waals surface area (Å²) in [6.07, 6.45) is 2.62. The summed E-state index contributed by atoms with van der Waals surface area (Å²) >= 11 is 1.72. The highest BCUT2D eigenvalue weighted by atomic mass is 127. The molecule has 1 atom stereocenters. The van der Waals surface area contributed by atoms with Gasteiger partial charge in [0.1, 0.15) is 0 Å². The van der Waals surface area contributed by atoms with E-state index in [1.165, 1.54) is 0 Å². The first-order valence-corrected chi connectivity index (χ1v) is 9.84. The summed E-state index contributed by atoms with van der Waals surface area (Å²) in [5.41, 5.74) is 1.27. The number of guanidine groups is 1. The number of ether oxygens (including phenoxy) is 1. The minimum atomic E-state index is 0. The number of aliphatic imine (C=N–C) groups is 1. The first-order valence-electron chi connectivity index (χ1n) is 8.96. The monoisotopic (exact) mass is 496 g/mol. The van der Waals surface area contributed by atoms with Crippen LogP contribution in [0.4, 0.5) is 0 Å². The van der Waals surface area contributed by atoms with Crippen molar-refractivity contribution >= 4 is 41.3 Å². The van der Waals surface area contributed by atoms with E-state index >= 15 is 0 Å². The number of hydrogen-bond donors (Lipinski definition) is 3. The predicted molar refractivity (Wildman–Crippen MR) is 119 cm³/mol. The van der Waals surface area contributed by atoms with Crippen LogP contribution in [-0.2, 0) is 16.6 Å². The molecule has 1 aromatic rings. The van der Waals surface area contributed by atoms with E-state index in [0.29, 0.717) is 6.61 Å². The van der Waals surface area contributed by atoms with Gasteiger partial charge >= 0.3 is 0 Å². The van der Waals surface area contributed by atoms with Gasteiger partial charge in [0.2, 0.25) is 0 Å². The molecule has 150 valence electrons. The minimum absolute atomic E-state index is 0. The standard InChI is InChI=1S/C18H32N4O2S.HI/c1-17(2,3)14-11-25-15(22-14)5-8-20-16(19-4)21-12-18(6-9-23)7-10-24-13-18;/h11,23H,5-10,12-13H2,1-4H3,(H2,19,20,21);1H. The fraction of sp³-hybridized carbons (Fsp3) is 0.778. The smallest absolute Gasteiger partial charge is 0.191 e. The Kier molecular flexibility index (Phi) is 9.77. The van der Waals surface area contributed by atoms with Crippen LogP contribution >= 0.6 is 35.3 Å². The van der Waals surface area contributed by atoms with Gasteiger partial charge in [-0.05, 0) is 12.8 Å². The van der Waals surface area contributed by atoms with Crippen LogP contribution in [-0.4, -0.2) is 56.0 Å². The Morgan fingerprint density at radius 2 is 2.19 bits per heavy atom. The second-order valence-electron chi connectivity index (χ2n) is 7.76. The second-order valence-corrected chi connectivity index (χ2v) is 8.70. The molecule has 0 bridgehead atoms. The fourth-order valence-corrected chi connectivity index (χ4v) is 3.89. The minimum Gasteiger partial charge on any atom is -0.396 e. The van der Waals surface area contributed by atoms with Gasteiger partial charge in [-0.3, -0.25) is 4.99 Å². The topological polar surface area (TPSA) is 78.8 Å². The van der Waals surface area contributed by atoms with E-state index < -0.39 is 0 Å². The van der Waals surface area contributed by atoms with Crippen molar-refractivity contribution in [3.8, 4) is 0 Å². The van der Waals surface area contributed by atoms with Gasteiger partial charge in [0.05, 0.1) is 17.3 Å². The number of aliphatic hydroxyl groups excluding tert-OH is 1. The van der Waals surface area contributed by atoms with E-state index in [4.69, 9.17) is 9.72 Å². The maximum atomic E-state index is 9.31. The lowest BCUT2D eigenvalue weighted by Crippen LogP contribution is -2.45. The van der Waals surface area contributed by atoms with Crippen molar-refractivity contribution in [2.75, 3.05) is 40.0 Å². The molecule has 0 aromatic carbocycles. The van der Waals surface area contributed by atoms with Gasteiger partial charge in [0, 0.05) is 56.0 Å². The zero-order valence-corrected chi connectivity index (χ0v) is 19.4. The van der Waals surface area contributed by atoms with Crippen LogP contribution < -0.4 is 10.6 Å². The Morgan fingerprint density at radius 1 is 1.42 bits per heavy atom. The number of hydrogen-bond acceptors (Lipinski definition) is 5. The summed E-state index contributed by atoms with van der Waals surface area (Å²) in [6, 6.07) is 0. The highest BCUT2D eigenvalue weighted by Crippen LogP contribution is 2.31. The largest absolute Gasteiger partial charge is 0.396 e. The van der Waals surface area contributed by atoms with Gasteiger partial charge < -0.3 is 20.5 Å². The van der Waals surface area contributed by atoms with E-state index in [0.717, 1.165) is 55.6 Å². The van der Waals surface area contributed by atoms with Gasteiger partial charge in [0.15, 0.2) is 5.96 Å². The maximum absolute atomic E-state index is 9.31. The molecule has 0 amide bonds. The number of aliphatic hydroxyl groups is 1. The molecule has 26 heavy (non-hydrogen) atoms. The van der Waals surface area contributed by atoms with Crippen molar-refractivity contribution in [1.29, 1.82) is 0 Å². The summed E-state index contributed by atoms with van der Waals surface area (Å²) in [6.45, 7) is 9.77. The van der Waals surface area contributed by atoms with Crippen LogP contribution in [0.25, 0.3) is 0 Å². The molecule has 2 rings (SSSR count).